The molecule has 9 nitrogen and oxygen atoms in total. The predicted molar refractivity (Wildman–Crippen MR) is 99.8 cm³/mol. The molecule has 3 rings (SSSR count). The van der Waals surface area contributed by atoms with E-state index in [1.54, 1.807) is 25.4 Å². The van der Waals surface area contributed by atoms with Crippen molar-refractivity contribution in [3.8, 4) is 0 Å². The smallest absolute Gasteiger partial charge is 0.251 e. The molecule has 4 N–H and O–H groups in total. The monoisotopic (exact) mass is 367 g/mol. The van der Waals surface area contributed by atoms with E-state index in [0.29, 0.717) is 30.9 Å². The highest BCUT2D eigenvalue weighted by Crippen LogP contribution is 2.13. The first kappa shape index (κ1) is 18.5. The van der Waals surface area contributed by atoms with Gasteiger partial charge in [0.05, 0.1) is 24.3 Å². The quantitative estimate of drug-likeness (QED) is 0.427. The number of hydrogen-bond donors (Lipinski definition) is 4. The minimum atomic E-state index is -0.388. The zero-order valence-electron chi connectivity index (χ0n) is 14.9. The summed E-state index contributed by atoms with van der Waals surface area (Å²) in [7, 11) is 0. The summed E-state index contributed by atoms with van der Waals surface area (Å²) in [4.78, 5) is 28.5. The summed E-state index contributed by atoms with van der Waals surface area (Å²) in [5.74, 6) is -0.308. The van der Waals surface area contributed by atoms with E-state index in [0.717, 1.165) is 10.9 Å². The molecule has 0 aliphatic heterocycles. The second-order valence-electron chi connectivity index (χ2n) is 6.02. The summed E-state index contributed by atoms with van der Waals surface area (Å²) < 4.78 is 0. The van der Waals surface area contributed by atoms with Crippen LogP contribution in [0.3, 0.4) is 0 Å². The maximum atomic E-state index is 12.2. The van der Waals surface area contributed by atoms with Crippen LogP contribution in [0.4, 0.5) is 0 Å². The van der Waals surface area contributed by atoms with Crippen molar-refractivity contribution in [2.45, 2.75) is 19.5 Å². The highest BCUT2D eigenvalue weighted by Gasteiger charge is 2.12. The number of pyridine rings is 1. The second-order valence-corrected chi connectivity index (χ2v) is 6.02. The highest BCUT2D eigenvalue weighted by atomic mass is 16.2. The summed E-state index contributed by atoms with van der Waals surface area (Å²) in [5, 5.41) is 19.6. The van der Waals surface area contributed by atoms with Crippen LogP contribution in [-0.4, -0.2) is 51.3 Å². The minimum Gasteiger partial charge on any atom is -0.351 e. The first-order valence-electron chi connectivity index (χ1n) is 8.62. The Morgan fingerprint density at radius 2 is 2.07 bits per heavy atom. The van der Waals surface area contributed by atoms with Gasteiger partial charge in [-0.2, -0.15) is 15.4 Å². The lowest BCUT2D eigenvalue weighted by atomic mass is 10.1. The van der Waals surface area contributed by atoms with Gasteiger partial charge in [-0.1, -0.05) is 6.07 Å². The van der Waals surface area contributed by atoms with E-state index in [1.807, 2.05) is 24.3 Å². The molecule has 0 saturated heterocycles. The maximum absolute atomic E-state index is 12.2. The van der Waals surface area contributed by atoms with E-state index in [2.05, 4.69) is 36.3 Å². The van der Waals surface area contributed by atoms with Crippen molar-refractivity contribution in [1.29, 1.82) is 0 Å². The van der Waals surface area contributed by atoms with Gasteiger partial charge in [0.25, 0.3) is 5.91 Å². The third-order valence-corrected chi connectivity index (χ3v) is 4.03. The van der Waals surface area contributed by atoms with Gasteiger partial charge < -0.3 is 16.0 Å². The van der Waals surface area contributed by atoms with Crippen LogP contribution in [-0.2, 0) is 11.3 Å². The number of H-pyrrole nitrogens is 1. The fourth-order valence-electron chi connectivity index (χ4n) is 2.52. The third-order valence-electron chi connectivity index (χ3n) is 4.03. The van der Waals surface area contributed by atoms with Crippen LogP contribution >= 0.6 is 0 Å². The molecule has 1 aromatic carbocycles. The largest absolute Gasteiger partial charge is 0.351 e. The van der Waals surface area contributed by atoms with Crippen molar-refractivity contribution in [1.82, 2.24) is 36.3 Å². The number of aromatic amines is 1. The van der Waals surface area contributed by atoms with Gasteiger partial charge in [-0.3, -0.25) is 14.6 Å². The number of fused-ring (bicyclic) bond motifs is 1. The molecule has 1 atom stereocenters. The summed E-state index contributed by atoms with van der Waals surface area (Å²) in [5.41, 5.74) is 2.09. The Hall–Kier alpha value is -3.33. The number of rotatable bonds is 8. The van der Waals surface area contributed by atoms with Gasteiger partial charge in [-0.25, -0.2) is 0 Å². The van der Waals surface area contributed by atoms with E-state index in [4.69, 9.17) is 0 Å². The van der Waals surface area contributed by atoms with E-state index in [-0.39, 0.29) is 17.9 Å². The Bertz CT molecular complexity index is 911. The molecule has 0 fully saturated rings. The molecular weight excluding hydrogens is 346 g/mol. The van der Waals surface area contributed by atoms with Crippen LogP contribution < -0.4 is 16.0 Å². The summed E-state index contributed by atoms with van der Waals surface area (Å²) in [6, 6.07) is 8.75. The molecule has 0 radical (unpaired) electrons. The fourth-order valence-corrected chi connectivity index (χ4v) is 2.52. The highest BCUT2D eigenvalue weighted by molar-refractivity contribution is 5.97. The molecule has 140 valence electrons. The number of aromatic nitrogens is 4. The van der Waals surface area contributed by atoms with Crippen LogP contribution in [0, 0.1) is 0 Å². The molecule has 0 aliphatic carbocycles. The first-order valence-corrected chi connectivity index (χ1v) is 8.62. The molecule has 0 unspecified atom stereocenters. The number of hydrogen-bond acceptors (Lipinski definition) is 6. The molecule has 2 heterocycles. The van der Waals surface area contributed by atoms with Crippen molar-refractivity contribution < 1.29 is 9.59 Å². The van der Waals surface area contributed by atoms with Gasteiger partial charge in [0.1, 0.15) is 5.69 Å². The Balaban J connectivity index is 1.39. The molecule has 3 aromatic rings. The molecule has 2 amide bonds. The van der Waals surface area contributed by atoms with Crippen LogP contribution in [0.1, 0.15) is 23.0 Å². The van der Waals surface area contributed by atoms with E-state index < -0.39 is 0 Å². The normalized spacial score (nSPS) is 11.9. The second kappa shape index (κ2) is 8.86. The first-order chi connectivity index (χ1) is 13.1. The molecule has 0 aliphatic rings. The SMILES string of the molecule is C[C@H](NCCNC(=O)c1ccc2ncccc2c1)C(=O)NCc1cn[nH]n1. The van der Waals surface area contributed by atoms with Crippen LogP contribution in [0.15, 0.2) is 42.7 Å². The predicted octanol–water partition coefficient (Wildman–Crippen LogP) is 0.377. The van der Waals surface area contributed by atoms with Crippen LogP contribution in [0.2, 0.25) is 0 Å². The van der Waals surface area contributed by atoms with Crippen LogP contribution in [0.25, 0.3) is 10.9 Å². The topological polar surface area (TPSA) is 125 Å². The molecule has 0 saturated carbocycles. The Labute approximate surface area is 156 Å². The van der Waals surface area contributed by atoms with Gasteiger partial charge in [0, 0.05) is 30.2 Å². The van der Waals surface area contributed by atoms with Crippen molar-refractivity contribution >= 4 is 22.7 Å². The summed E-state index contributed by atoms with van der Waals surface area (Å²) >= 11 is 0. The summed E-state index contributed by atoms with van der Waals surface area (Å²) in [6.45, 7) is 2.95. The lowest BCUT2D eigenvalue weighted by molar-refractivity contribution is -0.122. The number of benzene rings is 1. The van der Waals surface area contributed by atoms with Crippen LogP contribution in [0.5, 0.6) is 0 Å². The number of carbonyl (C=O) groups excluding carboxylic acids is 2. The zero-order valence-corrected chi connectivity index (χ0v) is 14.9. The number of amides is 2. The van der Waals surface area contributed by atoms with E-state index in [9.17, 15) is 9.59 Å². The third kappa shape index (κ3) is 5.08. The average molecular weight is 367 g/mol. The molecule has 9 heteroatoms. The van der Waals surface area contributed by atoms with Crippen molar-refractivity contribution in [3.05, 3.63) is 54.0 Å². The average Bonchev–Trinajstić information content (AvgIpc) is 3.22. The summed E-state index contributed by atoms with van der Waals surface area (Å²) in [6.07, 6.45) is 3.27. The van der Waals surface area contributed by atoms with E-state index in [1.165, 1.54) is 0 Å². The van der Waals surface area contributed by atoms with Gasteiger partial charge in [-0.15, -0.1) is 0 Å². The lowest BCUT2D eigenvalue weighted by Crippen LogP contribution is -2.44. The van der Waals surface area contributed by atoms with Gasteiger partial charge in [0.15, 0.2) is 0 Å². The van der Waals surface area contributed by atoms with Crippen molar-refractivity contribution in [2.75, 3.05) is 13.1 Å². The van der Waals surface area contributed by atoms with Crippen molar-refractivity contribution in [3.63, 3.8) is 0 Å². The van der Waals surface area contributed by atoms with Crippen molar-refractivity contribution in [2.24, 2.45) is 0 Å². The molecule has 0 bridgehead atoms. The molecule has 0 spiro atoms. The maximum Gasteiger partial charge on any atom is 0.251 e. The Morgan fingerprint density at radius 1 is 1.19 bits per heavy atom. The number of nitrogens with zero attached hydrogens (tertiary/aromatic N) is 3. The van der Waals surface area contributed by atoms with E-state index >= 15 is 0 Å². The Kier molecular flexibility index (Phi) is 6.06. The Morgan fingerprint density at radius 3 is 2.89 bits per heavy atom. The standard InChI is InChI=1S/C18H21N7O2/c1-12(17(26)22-10-15-11-23-25-24-15)19-7-8-21-18(27)14-4-5-16-13(9-14)3-2-6-20-16/h2-6,9,11-12,19H,7-8,10H2,1H3,(H,21,27)(H,22,26)(H,23,24,25)/t12-/m0/s1. The van der Waals surface area contributed by atoms with Gasteiger partial charge >= 0.3 is 0 Å². The van der Waals surface area contributed by atoms with Gasteiger partial charge in [0.2, 0.25) is 5.91 Å². The number of carbonyl (C=O) groups is 2. The molecule has 2 aromatic heterocycles. The minimum absolute atomic E-state index is 0.147. The molecule has 27 heavy (non-hydrogen) atoms. The fraction of sp³-hybridized carbons (Fsp3) is 0.278. The zero-order chi connectivity index (χ0) is 19.1. The van der Waals surface area contributed by atoms with Gasteiger partial charge in [-0.05, 0) is 31.2 Å². The molecular formula is C18H21N7O2. The lowest BCUT2D eigenvalue weighted by Gasteiger charge is -2.14. The number of nitrogens with one attached hydrogen (secondary N) is 4.